The molecule has 0 saturated carbocycles. The number of unbranched alkanes of at least 4 members (excludes halogenated alkanes) is 4. The fraction of sp³-hybridized carbons (Fsp3) is 0.545. The number of rotatable bonds is 7. The van der Waals surface area contributed by atoms with Gasteiger partial charge in [-0.3, -0.25) is 0 Å². The van der Waals surface area contributed by atoms with Crippen molar-refractivity contribution in [3.8, 4) is 0 Å². The summed E-state index contributed by atoms with van der Waals surface area (Å²) in [4.78, 5) is 0. The third-order valence-electron chi connectivity index (χ3n) is 1.53. The van der Waals surface area contributed by atoms with Gasteiger partial charge in [-0.15, -0.1) is 6.58 Å². The summed E-state index contributed by atoms with van der Waals surface area (Å²) < 4.78 is 0. The maximum Gasteiger partial charge on any atom is -0.0167 e. The molecule has 0 heterocycles. The van der Waals surface area contributed by atoms with Crippen LogP contribution in [0, 0.1) is 6.42 Å². The Morgan fingerprint density at radius 3 is 2.64 bits per heavy atom. The van der Waals surface area contributed by atoms with Crippen molar-refractivity contribution in [3.05, 3.63) is 31.2 Å². The fourth-order valence-electron chi connectivity index (χ4n) is 0.825. The molecule has 1 radical (unpaired) electrons. The predicted molar refractivity (Wildman–Crippen MR) is 52.4 cm³/mol. The summed E-state index contributed by atoms with van der Waals surface area (Å²) in [5, 5.41) is 0. The van der Waals surface area contributed by atoms with Crippen LogP contribution in [0.5, 0.6) is 0 Å². The summed E-state index contributed by atoms with van der Waals surface area (Å²) in [6.07, 6.45) is 14.6. The number of hydrogen-bond donors (Lipinski definition) is 0. The Morgan fingerprint density at radius 1 is 1.18 bits per heavy atom. The molecule has 0 bridgehead atoms. The quantitative estimate of drug-likeness (QED) is 0.382. The Morgan fingerprint density at radius 2 is 2.00 bits per heavy atom. The van der Waals surface area contributed by atoms with Crippen LogP contribution in [0.2, 0.25) is 0 Å². The van der Waals surface area contributed by atoms with Crippen LogP contribution in [-0.4, -0.2) is 0 Å². The van der Waals surface area contributed by atoms with Gasteiger partial charge in [0.2, 0.25) is 0 Å². The molecule has 11 heavy (non-hydrogen) atoms. The Labute approximate surface area is 71.0 Å². The van der Waals surface area contributed by atoms with E-state index >= 15 is 0 Å². The highest BCUT2D eigenvalue weighted by atomic mass is 13.9. The van der Waals surface area contributed by atoms with Crippen LogP contribution in [0.25, 0.3) is 0 Å². The first kappa shape index (κ1) is 10.5. The van der Waals surface area contributed by atoms with Crippen molar-refractivity contribution in [3.63, 3.8) is 0 Å². The van der Waals surface area contributed by atoms with Crippen molar-refractivity contribution in [2.24, 2.45) is 0 Å². The lowest BCUT2D eigenvalue weighted by Crippen LogP contribution is -1.70. The molecular formula is C11H19. The highest BCUT2D eigenvalue weighted by molar-refractivity contribution is 4.95. The summed E-state index contributed by atoms with van der Waals surface area (Å²) in [5.41, 5.74) is 0. The van der Waals surface area contributed by atoms with Gasteiger partial charge in [-0.2, -0.15) is 0 Å². The Balaban J connectivity index is 2.97. The van der Waals surface area contributed by atoms with E-state index in [9.17, 15) is 0 Å². The second-order valence-electron chi connectivity index (χ2n) is 2.67. The van der Waals surface area contributed by atoms with Gasteiger partial charge in [-0.25, -0.2) is 0 Å². The van der Waals surface area contributed by atoms with Crippen LogP contribution in [0.1, 0.15) is 39.0 Å². The van der Waals surface area contributed by atoms with Gasteiger partial charge in [-0.05, 0) is 25.7 Å². The maximum absolute atomic E-state index is 3.66. The van der Waals surface area contributed by atoms with Crippen molar-refractivity contribution in [1.82, 2.24) is 0 Å². The summed E-state index contributed by atoms with van der Waals surface area (Å²) in [7, 11) is 0. The fourth-order valence-corrected chi connectivity index (χ4v) is 0.825. The average Bonchev–Trinajstić information content (AvgIpc) is 2.03. The van der Waals surface area contributed by atoms with Crippen molar-refractivity contribution in [1.29, 1.82) is 0 Å². The van der Waals surface area contributed by atoms with E-state index < -0.39 is 0 Å². The zero-order valence-electron chi connectivity index (χ0n) is 7.55. The van der Waals surface area contributed by atoms with E-state index in [0.717, 1.165) is 12.8 Å². The third-order valence-corrected chi connectivity index (χ3v) is 1.53. The van der Waals surface area contributed by atoms with Gasteiger partial charge in [0.25, 0.3) is 0 Å². The second kappa shape index (κ2) is 9.48. The first-order valence-corrected chi connectivity index (χ1v) is 4.51. The highest BCUT2D eigenvalue weighted by Gasteiger charge is 1.80. The van der Waals surface area contributed by atoms with E-state index in [1.54, 1.807) is 0 Å². The molecule has 0 aliphatic rings. The summed E-state index contributed by atoms with van der Waals surface area (Å²) >= 11 is 0. The minimum atomic E-state index is 1.10. The molecule has 0 heteroatoms. The summed E-state index contributed by atoms with van der Waals surface area (Å²) in [6, 6.07) is 0. The van der Waals surface area contributed by atoms with E-state index in [1.807, 2.05) is 6.08 Å². The van der Waals surface area contributed by atoms with Crippen LogP contribution in [0.4, 0.5) is 0 Å². The predicted octanol–water partition coefficient (Wildman–Crippen LogP) is 3.90. The minimum Gasteiger partial charge on any atom is -0.103 e. The monoisotopic (exact) mass is 151 g/mol. The van der Waals surface area contributed by atoms with E-state index in [0.29, 0.717) is 0 Å². The number of allylic oxidation sites excluding steroid dienone is 3. The molecule has 0 aromatic carbocycles. The maximum atomic E-state index is 3.66. The van der Waals surface area contributed by atoms with E-state index in [1.165, 1.54) is 19.3 Å². The molecule has 0 aliphatic heterocycles. The SMILES string of the molecule is C=CCC[CH]C=CCCCC. The normalized spacial score (nSPS) is 10.6. The van der Waals surface area contributed by atoms with Crippen LogP contribution < -0.4 is 0 Å². The highest BCUT2D eigenvalue weighted by Crippen LogP contribution is 1.99. The van der Waals surface area contributed by atoms with E-state index in [-0.39, 0.29) is 0 Å². The van der Waals surface area contributed by atoms with Crippen molar-refractivity contribution in [2.45, 2.75) is 39.0 Å². The molecule has 0 saturated heterocycles. The zero-order valence-corrected chi connectivity index (χ0v) is 7.55. The van der Waals surface area contributed by atoms with Gasteiger partial charge in [0.05, 0.1) is 0 Å². The number of hydrogen-bond acceptors (Lipinski definition) is 0. The molecular weight excluding hydrogens is 132 g/mol. The zero-order chi connectivity index (χ0) is 8.36. The van der Waals surface area contributed by atoms with Crippen LogP contribution in [0.15, 0.2) is 24.8 Å². The summed E-state index contributed by atoms with van der Waals surface area (Å²) in [5.74, 6) is 0. The lowest BCUT2D eigenvalue weighted by molar-refractivity contribution is 0.813. The van der Waals surface area contributed by atoms with Gasteiger partial charge < -0.3 is 0 Å². The van der Waals surface area contributed by atoms with Crippen molar-refractivity contribution >= 4 is 0 Å². The Hall–Kier alpha value is -0.520. The minimum absolute atomic E-state index is 1.10. The van der Waals surface area contributed by atoms with E-state index in [2.05, 4.69) is 32.1 Å². The Bertz CT molecular complexity index is 101. The average molecular weight is 151 g/mol. The molecule has 0 rings (SSSR count). The topological polar surface area (TPSA) is 0 Å². The standard InChI is InChI=1S/C11H19/c1-3-5-7-9-11-10-8-6-4-2/h3,9-11H,1,4-8H2,2H3. The van der Waals surface area contributed by atoms with E-state index in [4.69, 9.17) is 0 Å². The molecule has 0 spiro atoms. The molecule has 63 valence electrons. The lowest BCUT2D eigenvalue weighted by Gasteiger charge is -1.89. The first-order valence-electron chi connectivity index (χ1n) is 4.51. The third kappa shape index (κ3) is 9.48. The van der Waals surface area contributed by atoms with Gasteiger partial charge in [0.15, 0.2) is 0 Å². The molecule has 0 fully saturated rings. The van der Waals surface area contributed by atoms with Crippen molar-refractivity contribution < 1.29 is 0 Å². The molecule has 0 aromatic rings. The van der Waals surface area contributed by atoms with Crippen LogP contribution >= 0.6 is 0 Å². The second-order valence-corrected chi connectivity index (χ2v) is 2.67. The summed E-state index contributed by atoms with van der Waals surface area (Å²) in [6.45, 7) is 5.88. The van der Waals surface area contributed by atoms with Crippen LogP contribution in [0.3, 0.4) is 0 Å². The molecule has 0 amide bonds. The Kier molecular flexibility index (Phi) is 9.03. The molecule has 0 atom stereocenters. The van der Waals surface area contributed by atoms with Crippen molar-refractivity contribution in [2.75, 3.05) is 0 Å². The molecule has 0 N–H and O–H groups in total. The van der Waals surface area contributed by atoms with Gasteiger partial charge in [-0.1, -0.05) is 38.0 Å². The molecule has 0 unspecified atom stereocenters. The van der Waals surface area contributed by atoms with Gasteiger partial charge >= 0.3 is 0 Å². The van der Waals surface area contributed by atoms with Crippen LogP contribution in [-0.2, 0) is 0 Å². The van der Waals surface area contributed by atoms with Gasteiger partial charge in [0.1, 0.15) is 0 Å². The first-order chi connectivity index (χ1) is 5.41. The molecule has 0 nitrogen and oxygen atoms in total. The molecule has 0 aliphatic carbocycles. The lowest BCUT2D eigenvalue weighted by atomic mass is 10.2. The van der Waals surface area contributed by atoms with Gasteiger partial charge in [0, 0.05) is 0 Å². The largest absolute Gasteiger partial charge is 0.103 e. The molecule has 0 aromatic heterocycles. The smallest absolute Gasteiger partial charge is 0.0167 e.